The minimum Gasteiger partial charge on any atom is -0.496 e. The van der Waals surface area contributed by atoms with E-state index in [2.05, 4.69) is 20.4 Å². The van der Waals surface area contributed by atoms with Crippen molar-refractivity contribution in [1.82, 2.24) is 10.6 Å². The van der Waals surface area contributed by atoms with Gasteiger partial charge in [-0.1, -0.05) is 17.7 Å². The van der Waals surface area contributed by atoms with Gasteiger partial charge in [0.15, 0.2) is 17.5 Å². The van der Waals surface area contributed by atoms with Crippen molar-refractivity contribution in [2.75, 3.05) is 27.9 Å². The molecule has 0 amide bonds. The third-order valence-corrected chi connectivity index (χ3v) is 4.42. The Hall–Kier alpha value is -2.50. The summed E-state index contributed by atoms with van der Waals surface area (Å²) >= 11 is 0. The van der Waals surface area contributed by atoms with Crippen molar-refractivity contribution in [3.63, 3.8) is 0 Å². The van der Waals surface area contributed by atoms with Gasteiger partial charge in [-0.15, -0.1) is 24.0 Å². The lowest BCUT2D eigenvalue weighted by atomic mass is 10.1. The fourth-order valence-corrected chi connectivity index (χ4v) is 2.96. The molecule has 0 unspecified atom stereocenters. The van der Waals surface area contributed by atoms with Crippen molar-refractivity contribution in [3.8, 4) is 23.0 Å². The summed E-state index contributed by atoms with van der Waals surface area (Å²) in [5.41, 5.74) is 2.34. The van der Waals surface area contributed by atoms with E-state index in [9.17, 15) is 8.78 Å². The first-order valence-electron chi connectivity index (χ1n) is 9.77. The number of nitrogens with zero attached hydrogens (tertiary/aromatic N) is 1. The van der Waals surface area contributed by atoms with Crippen LogP contribution in [0.4, 0.5) is 8.78 Å². The van der Waals surface area contributed by atoms with Gasteiger partial charge in [-0.3, -0.25) is 0 Å². The molecule has 2 N–H and O–H groups in total. The molecule has 7 nitrogen and oxygen atoms in total. The fourth-order valence-electron chi connectivity index (χ4n) is 2.96. The lowest BCUT2D eigenvalue weighted by Crippen LogP contribution is -2.36. The summed E-state index contributed by atoms with van der Waals surface area (Å²) in [5, 5.41) is 6.36. The van der Waals surface area contributed by atoms with Crippen molar-refractivity contribution in [3.05, 3.63) is 47.0 Å². The number of ether oxygens (including phenoxy) is 4. The molecule has 178 valence electrons. The van der Waals surface area contributed by atoms with E-state index in [1.807, 2.05) is 19.9 Å². The Morgan fingerprint density at radius 3 is 2.16 bits per heavy atom. The van der Waals surface area contributed by atoms with Crippen molar-refractivity contribution < 1.29 is 27.7 Å². The van der Waals surface area contributed by atoms with Gasteiger partial charge in [-0.25, -0.2) is 4.99 Å². The van der Waals surface area contributed by atoms with E-state index in [1.54, 1.807) is 39.5 Å². The highest BCUT2D eigenvalue weighted by Crippen LogP contribution is 2.34. The van der Waals surface area contributed by atoms with E-state index >= 15 is 0 Å². The third-order valence-electron chi connectivity index (χ3n) is 4.42. The molecule has 32 heavy (non-hydrogen) atoms. The Balaban J connectivity index is 0.00000512. The van der Waals surface area contributed by atoms with Crippen molar-refractivity contribution >= 4 is 29.9 Å². The van der Waals surface area contributed by atoms with Crippen LogP contribution in [0.1, 0.15) is 23.6 Å². The predicted octanol–water partition coefficient (Wildman–Crippen LogP) is 4.50. The lowest BCUT2D eigenvalue weighted by molar-refractivity contribution is -0.0504. The van der Waals surface area contributed by atoms with Crippen LogP contribution in [0.5, 0.6) is 23.0 Å². The van der Waals surface area contributed by atoms with E-state index in [0.717, 1.165) is 11.1 Å². The molecule has 0 bridgehead atoms. The van der Waals surface area contributed by atoms with Crippen LogP contribution in [-0.2, 0) is 13.1 Å². The number of alkyl halides is 2. The molecule has 0 aliphatic carbocycles. The topological polar surface area (TPSA) is 73.3 Å². The van der Waals surface area contributed by atoms with Gasteiger partial charge in [0, 0.05) is 30.3 Å². The van der Waals surface area contributed by atoms with E-state index in [-0.39, 0.29) is 36.3 Å². The first kappa shape index (κ1) is 27.5. The highest BCUT2D eigenvalue weighted by atomic mass is 127. The van der Waals surface area contributed by atoms with Gasteiger partial charge in [-0.2, -0.15) is 8.78 Å². The normalized spacial score (nSPS) is 10.9. The molecule has 0 radical (unpaired) electrons. The van der Waals surface area contributed by atoms with Crippen molar-refractivity contribution in [1.29, 1.82) is 0 Å². The lowest BCUT2D eigenvalue weighted by Gasteiger charge is -2.16. The molecule has 0 aromatic heterocycles. The Labute approximate surface area is 204 Å². The van der Waals surface area contributed by atoms with Crippen LogP contribution < -0.4 is 29.6 Å². The molecule has 2 rings (SSSR count). The van der Waals surface area contributed by atoms with E-state index in [0.29, 0.717) is 41.9 Å². The minimum atomic E-state index is -2.89. The molecule has 0 saturated heterocycles. The monoisotopic (exact) mass is 565 g/mol. The van der Waals surface area contributed by atoms with Crippen LogP contribution in [0.25, 0.3) is 0 Å². The van der Waals surface area contributed by atoms with Gasteiger partial charge in [0.1, 0.15) is 11.5 Å². The number of hydrogen-bond donors (Lipinski definition) is 2. The molecule has 0 fully saturated rings. The molecule has 0 heterocycles. The average molecular weight is 565 g/mol. The number of aryl methyl sites for hydroxylation is 1. The number of methoxy groups -OCH3 is 3. The molecule has 0 spiro atoms. The summed E-state index contributed by atoms with van der Waals surface area (Å²) in [5.74, 6) is 2.41. The summed E-state index contributed by atoms with van der Waals surface area (Å²) in [6, 6.07) is 8.60. The van der Waals surface area contributed by atoms with Crippen molar-refractivity contribution in [2.45, 2.75) is 33.5 Å². The quantitative estimate of drug-likeness (QED) is 0.251. The van der Waals surface area contributed by atoms with Gasteiger partial charge in [-0.05, 0) is 26.0 Å². The van der Waals surface area contributed by atoms with Gasteiger partial charge in [0.2, 0.25) is 0 Å². The smallest absolute Gasteiger partial charge is 0.387 e. The van der Waals surface area contributed by atoms with Gasteiger partial charge < -0.3 is 29.6 Å². The zero-order chi connectivity index (χ0) is 22.8. The maximum atomic E-state index is 12.7. The first-order chi connectivity index (χ1) is 14.9. The molecule has 2 aromatic carbocycles. The number of rotatable bonds is 10. The standard InChI is InChI=1S/C22H29F2N3O4.HI/c1-6-25-22(26-12-15-9-14(2)7-8-17(15)31-21(23)24)27-13-16-10-19(29-4)20(30-5)11-18(16)28-3;/h7-11,21H,6,12-13H2,1-5H3,(H2,25,26,27);1H. The Morgan fingerprint density at radius 1 is 0.906 bits per heavy atom. The van der Waals surface area contributed by atoms with Crippen LogP contribution in [0.3, 0.4) is 0 Å². The highest BCUT2D eigenvalue weighted by molar-refractivity contribution is 14.0. The van der Waals surface area contributed by atoms with E-state index in [4.69, 9.17) is 14.2 Å². The summed E-state index contributed by atoms with van der Waals surface area (Å²) in [4.78, 5) is 4.51. The number of guanidine groups is 1. The van der Waals surface area contributed by atoms with Gasteiger partial charge >= 0.3 is 6.61 Å². The van der Waals surface area contributed by atoms with Crippen LogP contribution >= 0.6 is 24.0 Å². The number of nitrogens with one attached hydrogen (secondary N) is 2. The summed E-state index contributed by atoms with van der Waals surface area (Å²) in [7, 11) is 4.70. The summed E-state index contributed by atoms with van der Waals surface area (Å²) in [6.07, 6.45) is 0. The zero-order valence-electron chi connectivity index (χ0n) is 18.8. The molecule has 0 atom stereocenters. The fraction of sp³-hybridized carbons (Fsp3) is 0.409. The number of hydrogen-bond acceptors (Lipinski definition) is 5. The number of halogens is 3. The maximum absolute atomic E-state index is 12.7. The third kappa shape index (κ3) is 7.88. The second-order valence-corrected chi connectivity index (χ2v) is 6.56. The SMILES string of the molecule is CCNC(=NCc1cc(C)ccc1OC(F)F)NCc1cc(OC)c(OC)cc1OC.I. The largest absolute Gasteiger partial charge is 0.496 e. The molecule has 2 aromatic rings. The second-order valence-electron chi connectivity index (χ2n) is 6.56. The molecular weight excluding hydrogens is 535 g/mol. The van der Waals surface area contributed by atoms with Gasteiger partial charge in [0.05, 0.1) is 27.9 Å². The van der Waals surface area contributed by atoms with Gasteiger partial charge in [0.25, 0.3) is 0 Å². The number of benzene rings is 2. The zero-order valence-corrected chi connectivity index (χ0v) is 21.2. The molecule has 0 aliphatic rings. The van der Waals surface area contributed by atoms with Crippen molar-refractivity contribution in [2.24, 2.45) is 4.99 Å². The molecule has 10 heteroatoms. The summed E-state index contributed by atoms with van der Waals surface area (Å²) in [6.45, 7) is 2.11. The highest BCUT2D eigenvalue weighted by Gasteiger charge is 2.13. The predicted molar refractivity (Wildman–Crippen MR) is 131 cm³/mol. The Morgan fingerprint density at radius 2 is 1.56 bits per heavy atom. The summed E-state index contributed by atoms with van der Waals surface area (Å²) < 4.78 is 46.1. The number of aliphatic imine (C=N–C) groups is 1. The average Bonchev–Trinajstić information content (AvgIpc) is 2.76. The van der Waals surface area contributed by atoms with E-state index < -0.39 is 6.61 Å². The minimum absolute atomic E-state index is 0. The maximum Gasteiger partial charge on any atom is 0.387 e. The van der Waals surface area contributed by atoms with E-state index in [1.165, 1.54) is 6.07 Å². The van der Waals surface area contributed by atoms with Crippen LogP contribution in [0, 0.1) is 6.92 Å². The Kier molecular flexibility index (Phi) is 11.9. The first-order valence-corrected chi connectivity index (χ1v) is 9.77. The second kappa shape index (κ2) is 13.8. The molecule has 0 saturated carbocycles. The Bertz CT molecular complexity index is 898. The van der Waals surface area contributed by atoms with Crippen LogP contribution in [0.2, 0.25) is 0 Å². The van der Waals surface area contributed by atoms with Crippen LogP contribution in [0.15, 0.2) is 35.3 Å². The molecule has 0 aliphatic heterocycles. The molecular formula is C22H30F2IN3O4. The van der Waals surface area contributed by atoms with Crippen LogP contribution in [-0.4, -0.2) is 40.4 Å².